The van der Waals surface area contributed by atoms with Crippen LogP contribution in [0, 0.1) is 13.8 Å². The van der Waals surface area contributed by atoms with E-state index in [4.69, 9.17) is 14.2 Å². The lowest BCUT2D eigenvalue weighted by Gasteiger charge is -2.33. The van der Waals surface area contributed by atoms with Crippen molar-refractivity contribution >= 4 is 23.6 Å². The second kappa shape index (κ2) is 25.9. The molecule has 1 N–H and O–H groups in total. The number of hydrogen-bond donors (Lipinski definition) is 1. The first kappa shape index (κ1) is 50.7. The molecule has 2 aliphatic rings. The van der Waals surface area contributed by atoms with Crippen LogP contribution >= 0.6 is 0 Å². The first-order valence-corrected chi connectivity index (χ1v) is 21.3. The van der Waals surface area contributed by atoms with E-state index in [1.165, 1.54) is 0 Å². The standard InChI is InChI=1S/C43H47N3O7.3C2H6.CH4/c1-5-11-32-29(3)28(2)16-18-33(32)41(48)44-36(24-30-12-7-6-8-13-30)39(51-4)26-45(22-20-31-17-19-37-38(25-31)53-27-52-37)40(47)21-23-46-42(49)34-14-9-10-15-35(34)43(46)50;3*1-2;/h6-10,12-19,25,36,39H,5,11,20-24,26-27H2,1-4H3,(H,44,48);3*1-2H3;1H4. The van der Waals surface area contributed by atoms with Crippen molar-refractivity contribution in [3.8, 4) is 11.5 Å². The number of aryl methyl sites for hydroxylation is 1. The lowest BCUT2D eigenvalue weighted by atomic mass is 9.93. The Morgan fingerprint density at radius 3 is 2.03 bits per heavy atom. The van der Waals surface area contributed by atoms with Crippen LogP contribution in [0.2, 0.25) is 0 Å². The van der Waals surface area contributed by atoms with E-state index < -0.39 is 24.0 Å². The Labute approximate surface area is 359 Å². The number of carbonyl (C=O) groups is 4. The van der Waals surface area contributed by atoms with Gasteiger partial charge in [-0.1, -0.05) is 117 Å². The van der Waals surface area contributed by atoms with Gasteiger partial charge in [-0.25, -0.2) is 0 Å². The lowest BCUT2D eigenvalue weighted by molar-refractivity contribution is -0.133. The molecule has 2 unspecified atom stereocenters. The molecule has 0 aliphatic carbocycles. The number of hydrogen-bond acceptors (Lipinski definition) is 7. The topological polar surface area (TPSA) is 114 Å². The minimum Gasteiger partial charge on any atom is -0.454 e. The van der Waals surface area contributed by atoms with E-state index in [1.807, 2.05) is 102 Å². The largest absolute Gasteiger partial charge is 0.454 e. The minimum absolute atomic E-state index is 0. The third kappa shape index (κ3) is 12.8. The van der Waals surface area contributed by atoms with Crippen LogP contribution in [0.4, 0.5) is 0 Å². The van der Waals surface area contributed by atoms with Crippen molar-refractivity contribution in [3.05, 3.63) is 129 Å². The Morgan fingerprint density at radius 1 is 0.800 bits per heavy atom. The summed E-state index contributed by atoms with van der Waals surface area (Å²) in [5.41, 5.74) is 6.57. The molecular formula is C50H69N3O7. The number of benzene rings is 4. The molecule has 0 saturated heterocycles. The van der Waals surface area contributed by atoms with Crippen molar-refractivity contribution in [2.75, 3.05) is 33.5 Å². The second-order valence-corrected chi connectivity index (χ2v) is 13.7. The molecule has 4 aromatic carbocycles. The average Bonchev–Trinajstić information content (AvgIpc) is 3.85. The normalized spacial score (nSPS) is 12.9. The molecule has 10 nitrogen and oxygen atoms in total. The van der Waals surface area contributed by atoms with E-state index >= 15 is 0 Å². The monoisotopic (exact) mass is 824 g/mol. The summed E-state index contributed by atoms with van der Waals surface area (Å²) in [5, 5.41) is 3.29. The van der Waals surface area contributed by atoms with Crippen LogP contribution in [-0.2, 0) is 28.8 Å². The van der Waals surface area contributed by atoms with E-state index in [-0.39, 0.29) is 45.5 Å². The van der Waals surface area contributed by atoms with Crippen molar-refractivity contribution in [2.24, 2.45) is 0 Å². The fourth-order valence-electron chi connectivity index (χ4n) is 7.12. The SMILES string of the molecule is C.CC.CC.CC.CCCc1c(C(=O)NC(Cc2ccccc2)C(CN(CCc2ccc3c(c2)OCO3)C(=O)CCN2C(=O)c3ccccc3C2=O)OC)ccc(C)c1C. The van der Waals surface area contributed by atoms with Crippen molar-refractivity contribution in [2.45, 2.75) is 114 Å². The number of imide groups is 1. The number of nitrogens with zero attached hydrogens (tertiary/aromatic N) is 2. The van der Waals surface area contributed by atoms with Gasteiger partial charge in [0.05, 0.1) is 23.3 Å². The van der Waals surface area contributed by atoms with Crippen molar-refractivity contribution in [1.29, 1.82) is 0 Å². The molecule has 0 saturated carbocycles. The van der Waals surface area contributed by atoms with E-state index in [0.717, 1.165) is 45.6 Å². The summed E-state index contributed by atoms with van der Waals surface area (Å²) in [7, 11) is 1.59. The molecule has 326 valence electrons. The quantitative estimate of drug-likeness (QED) is 0.112. The molecule has 4 amide bonds. The van der Waals surface area contributed by atoms with Crippen LogP contribution in [0.15, 0.2) is 84.9 Å². The predicted octanol–water partition coefficient (Wildman–Crippen LogP) is 9.81. The molecule has 0 aromatic heterocycles. The van der Waals surface area contributed by atoms with Gasteiger partial charge in [-0.3, -0.25) is 24.1 Å². The van der Waals surface area contributed by atoms with Crippen molar-refractivity contribution < 1.29 is 33.4 Å². The first-order chi connectivity index (χ1) is 28.7. The van der Waals surface area contributed by atoms with Crippen LogP contribution in [-0.4, -0.2) is 79.1 Å². The highest BCUT2D eigenvalue weighted by Crippen LogP contribution is 2.33. The zero-order valence-electron chi connectivity index (χ0n) is 36.9. The molecular weight excluding hydrogens is 755 g/mol. The molecule has 2 aliphatic heterocycles. The maximum absolute atomic E-state index is 14.1. The summed E-state index contributed by atoms with van der Waals surface area (Å²) in [6.45, 7) is 18.8. The van der Waals surface area contributed by atoms with Gasteiger partial charge in [0.1, 0.15) is 0 Å². The molecule has 6 rings (SSSR count). The molecule has 60 heavy (non-hydrogen) atoms. The maximum atomic E-state index is 14.1. The fourth-order valence-corrected chi connectivity index (χ4v) is 7.12. The first-order valence-electron chi connectivity index (χ1n) is 21.3. The second-order valence-electron chi connectivity index (χ2n) is 13.7. The van der Waals surface area contributed by atoms with E-state index in [9.17, 15) is 19.2 Å². The molecule has 0 radical (unpaired) electrons. The molecule has 10 heteroatoms. The summed E-state index contributed by atoms with van der Waals surface area (Å²) < 4.78 is 17.2. The number of rotatable bonds is 16. The van der Waals surface area contributed by atoms with Gasteiger partial charge in [-0.15, -0.1) is 0 Å². The predicted molar refractivity (Wildman–Crippen MR) is 242 cm³/mol. The van der Waals surface area contributed by atoms with Gasteiger partial charge in [0.2, 0.25) is 12.7 Å². The van der Waals surface area contributed by atoms with Gasteiger partial charge in [-0.2, -0.15) is 0 Å². The van der Waals surface area contributed by atoms with Crippen LogP contribution in [0.25, 0.3) is 0 Å². The molecule has 4 aromatic rings. The maximum Gasteiger partial charge on any atom is 0.261 e. The van der Waals surface area contributed by atoms with E-state index in [1.54, 1.807) is 36.3 Å². The van der Waals surface area contributed by atoms with Gasteiger partial charge in [-0.05, 0) is 91.3 Å². The zero-order chi connectivity index (χ0) is 43.5. The number of ether oxygens (including phenoxy) is 3. The van der Waals surface area contributed by atoms with Crippen LogP contribution in [0.3, 0.4) is 0 Å². The number of fused-ring (bicyclic) bond motifs is 2. The Morgan fingerprint density at radius 2 is 1.42 bits per heavy atom. The average molecular weight is 824 g/mol. The van der Waals surface area contributed by atoms with Gasteiger partial charge in [0.15, 0.2) is 11.5 Å². The molecule has 0 spiro atoms. The third-order valence-corrected chi connectivity index (χ3v) is 10.3. The van der Waals surface area contributed by atoms with Crippen LogP contribution in [0.1, 0.15) is 128 Å². The highest BCUT2D eigenvalue weighted by atomic mass is 16.7. The molecule has 2 atom stereocenters. The van der Waals surface area contributed by atoms with Crippen LogP contribution in [0.5, 0.6) is 11.5 Å². The summed E-state index contributed by atoms with van der Waals surface area (Å²) in [6.07, 6.45) is 1.99. The number of nitrogens with one attached hydrogen (secondary N) is 1. The van der Waals surface area contributed by atoms with Crippen molar-refractivity contribution in [3.63, 3.8) is 0 Å². The van der Waals surface area contributed by atoms with Crippen molar-refractivity contribution in [1.82, 2.24) is 15.1 Å². The summed E-state index contributed by atoms with van der Waals surface area (Å²) in [5.74, 6) is 0.0866. The number of carbonyl (C=O) groups excluding carboxylic acids is 4. The highest BCUT2D eigenvalue weighted by molar-refractivity contribution is 6.21. The Hall–Kier alpha value is -5.48. The summed E-state index contributed by atoms with van der Waals surface area (Å²) in [6, 6.07) is 25.7. The van der Waals surface area contributed by atoms with E-state index in [0.29, 0.717) is 47.6 Å². The fraction of sp³-hybridized carbons (Fsp3) is 0.440. The Kier molecular flexibility index (Phi) is 21.9. The van der Waals surface area contributed by atoms with E-state index in [2.05, 4.69) is 26.1 Å². The zero-order valence-corrected chi connectivity index (χ0v) is 36.9. The van der Waals surface area contributed by atoms with Gasteiger partial charge in [0, 0.05) is 38.7 Å². The van der Waals surface area contributed by atoms with Crippen LogP contribution < -0.4 is 14.8 Å². The molecule has 0 bridgehead atoms. The van der Waals surface area contributed by atoms with Gasteiger partial charge >= 0.3 is 0 Å². The Bertz CT molecular complexity index is 1950. The number of amides is 4. The lowest BCUT2D eigenvalue weighted by Crippen LogP contribution is -2.52. The smallest absolute Gasteiger partial charge is 0.261 e. The van der Waals surface area contributed by atoms with Gasteiger partial charge in [0.25, 0.3) is 17.7 Å². The molecule has 0 fully saturated rings. The highest BCUT2D eigenvalue weighted by Gasteiger charge is 2.36. The number of methoxy groups -OCH3 is 1. The van der Waals surface area contributed by atoms with Gasteiger partial charge < -0.3 is 24.4 Å². The summed E-state index contributed by atoms with van der Waals surface area (Å²) in [4.78, 5) is 57.3. The minimum atomic E-state index is -0.597. The third-order valence-electron chi connectivity index (χ3n) is 10.3. The summed E-state index contributed by atoms with van der Waals surface area (Å²) >= 11 is 0. The Balaban J connectivity index is 0.00000170. The molecule has 2 heterocycles.